The lowest BCUT2D eigenvalue weighted by Gasteiger charge is -2.30. The first kappa shape index (κ1) is 18.5. The molecule has 1 aliphatic heterocycles. The van der Waals surface area contributed by atoms with Crippen LogP contribution in [0.15, 0.2) is 67.0 Å². The Hall–Kier alpha value is -2.86. The van der Waals surface area contributed by atoms with Gasteiger partial charge in [-0.05, 0) is 66.7 Å². The summed E-state index contributed by atoms with van der Waals surface area (Å²) in [4.78, 5) is 6.86. The summed E-state index contributed by atoms with van der Waals surface area (Å²) in [5.74, 6) is 0.732. The molecule has 1 fully saturated rings. The minimum atomic E-state index is -0.0294. The molecular weight excluding hydrogens is 368 g/mol. The number of aromatic nitrogens is 2. The minimum Gasteiger partial charge on any atom is -0.508 e. The van der Waals surface area contributed by atoms with Crippen molar-refractivity contribution in [3.8, 4) is 11.4 Å². The number of aromatic hydroxyl groups is 1. The number of thiocarbonyl (C=S) groups is 1. The first-order valence-corrected chi connectivity index (χ1v) is 9.90. The van der Waals surface area contributed by atoms with E-state index in [0.717, 1.165) is 28.7 Å². The predicted molar refractivity (Wildman–Crippen MR) is 114 cm³/mol. The fraction of sp³-hybridized carbons (Fsp3) is 0.273. The Morgan fingerprint density at radius 3 is 2.57 bits per heavy atom. The second-order valence-electron chi connectivity index (χ2n) is 7.49. The third kappa shape index (κ3) is 3.47. The first-order valence-electron chi connectivity index (χ1n) is 9.49. The van der Waals surface area contributed by atoms with E-state index >= 15 is 0 Å². The van der Waals surface area contributed by atoms with Gasteiger partial charge in [0.2, 0.25) is 0 Å². The Morgan fingerprint density at radius 1 is 1.11 bits per heavy atom. The smallest absolute Gasteiger partial charge is 0.170 e. The van der Waals surface area contributed by atoms with Gasteiger partial charge in [0.15, 0.2) is 5.11 Å². The summed E-state index contributed by atoms with van der Waals surface area (Å²) in [5, 5.41) is 13.9. The highest BCUT2D eigenvalue weighted by Crippen LogP contribution is 2.39. The van der Waals surface area contributed by atoms with Gasteiger partial charge in [0.1, 0.15) is 5.75 Å². The normalized spacial score (nSPS) is 19.2. The van der Waals surface area contributed by atoms with Crippen LogP contribution in [0, 0.1) is 5.92 Å². The fourth-order valence-corrected chi connectivity index (χ4v) is 4.12. The van der Waals surface area contributed by atoms with Crippen LogP contribution < -0.4 is 5.32 Å². The second-order valence-corrected chi connectivity index (χ2v) is 7.88. The lowest BCUT2D eigenvalue weighted by Crippen LogP contribution is -2.33. The maximum atomic E-state index is 9.65. The number of benzene rings is 1. The highest BCUT2D eigenvalue weighted by molar-refractivity contribution is 7.80. The molecule has 6 heteroatoms. The molecule has 0 spiro atoms. The van der Waals surface area contributed by atoms with Crippen LogP contribution in [-0.4, -0.2) is 31.2 Å². The molecular formula is C22H24N4OS. The number of phenols is 1. The van der Waals surface area contributed by atoms with E-state index in [2.05, 4.69) is 39.7 Å². The highest BCUT2D eigenvalue weighted by Gasteiger charge is 2.41. The second kappa shape index (κ2) is 7.64. The highest BCUT2D eigenvalue weighted by atomic mass is 32.1. The lowest BCUT2D eigenvalue weighted by atomic mass is 10.0. The topological polar surface area (TPSA) is 53.3 Å². The van der Waals surface area contributed by atoms with E-state index < -0.39 is 0 Å². The summed E-state index contributed by atoms with van der Waals surface area (Å²) >= 11 is 5.71. The van der Waals surface area contributed by atoms with Gasteiger partial charge in [-0.3, -0.25) is 4.98 Å². The standard InChI is InChI=1S/C22H24N4OS/c1-15(2)14-26-21(20(24-22(26)28)18-6-3-4-12-23-18)19-7-5-13-25(19)16-8-10-17(27)11-9-16/h3-13,15,20-21,27H,14H2,1-2H3,(H,24,28)/t20-,21-/m1/s1. The van der Waals surface area contributed by atoms with Gasteiger partial charge in [0.25, 0.3) is 0 Å². The van der Waals surface area contributed by atoms with Crippen LogP contribution in [0.25, 0.3) is 5.69 Å². The minimum absolute atomic E-state index is 0.0219. The van der Waals surface area contributed by atoms with Gasteiger partial charge < -0.3 is 19.9 Å². The number of rotatable bonds is 5. The largest absolute Gasteiger partial charge is 0.508 e. The molecule has 1 aromatic carbocycles. The number of hydrogen-bond acceptors (Lipinski definition) is 3. The van der Waals surface area contributed by atoms with Crippen LogP contribution in [0.5, 0.6) is 5.75 Å². The number of nitrogens with one attached hydrogen (secondary N) is 1. The molecule has 1 aliphatic rings. The Kier molecular flexibility index (Phi) is 5.05. The van der Waals surface area contributed by atoms with Gasteiger partial charge in [0, 0.05) is 30.3 Å². The summed E-state index contributed by atoms with van der Waals surface area (Å²) < 4.78 is 2.16. The van der Waals surface area contributed by atoms with Crippen LogP contribution in [-0.2, 0) is 0 Å². The van der Waals surface area contributed by atoms with Crippen molar-refractivity contribution in [3.63, 3.8) is 0 Å². The molecule has 0 radical (unpaired) electrons. The van der Waals surface area contributed by atoms with Crippen LogP contribution in [0.2, 0.25) is 0 Å². The molecule has 4 rings (SSSR count). The molecule has 2 aromatic heterocycles. The van der Waals surface area contributed by atoms with Crippen molar-refractivity contribution >= 4 is 17.3 Å². The van der Waals surface area contributed by atoms with Gasteiger partial charge in [-0.1, -0.05) is 19.9 Å². The maximum absolute atomic E-state index is 9.65. The number of phenolic OH excluding ortho intramolecular Hbond substituents is 1. The lowest BCUT2D eigenvalue weighted by molar-refractivity contribution is 0.280. The third-order valence-electron chi connectivity index (χ3n) is 4.97. The Labute approximate surface area is 170 Å². The fourth-order valence-electron chi connectivity index (χ4n) is 3.80. The summed E-state index contributed by atoms with van der Waals surface area (Å²) in [6.07, 6.45) is 3.87. The van der Waals surface area contributed by atoms with Crippen LogP contribution in [0.3, 0.4) is 0 Å². The Balaban J connectivity index is 1.80. The maximum Gasteiger partial charge on any atom is 0.170 e. The van der Waals surface area contributed by atoms with Gasteiger partial charge in [-0.15, -0.1) is 0 Å². The molecule has 28 heavy (non-hydrogen) atoms. The van der Waals surface area contributed by atoms with Crippen molar-refractivity contribution in [2.75, 3.05) is 6.54 Å². The SMILES string of the molecule is CC(C)CN1C(=S)N[C@H](c2ccccn2)[C@H]1c1cccn1-c1ccc(O)cc1. The summed E-state index contributed by atoms with van der Waals surface area (Å²) in [6, 6.07) is 17.4. The van der Waals surface area contributed by atoms with Crippen molar-refractivity contribution in [1.82, 2.24) is 19.8 Å². The van der Waals surface area contributed by atoms with Crippen LogP contribution >= 0.6 is 12.2 Å². The molecule has 5 nitrogen and oxygen atoms in total. The molecule has 0 unspecified atom stereocenters. The number of hydrogen-bond donors (Lipinski definition) is 2. The van der Waals surface area contributed by atoms with E-state index in [9.17, 15) is 5.11 Å². The van der Waals surface area contributed by atoms with Crippen molar-refractivity contribution in [2.45, 2.75) is 25.9 Å². The zero-order valence-electron chi connectivity index (χ0n) is 16.0. The van der Waals surface area contributed by atoms with E-state index in [-0.39, 0.29) is 17.8 Å². The van der Waals surface area contributed by atoms with E-state index in [0.29, 0.717) is 5.92 Å². The molecule has 1 saturated heterocycles. The molecule has 0 amide bonds. The third-order valence-corrected chi connectivity index (χ3v) is 5.32. The molecule has 144 valence electrons. The Morgan fingerprint density at radius 2 is 1.89 bits per heavy atom. The van der Waals surface area contributed by atoms with Gasteiger partial charge in [0.05, 0.1) is 17.8 Å². The molecule has 0 bridgehead atoms. The summed E-state index contributed by atoms with van der Waals surface area (Å²) in [7, 11) is 0. The summed E-state index contributed by atoms with van der Waals surface area (Å²) in [6.45, 7) is 5.26. The van der Waals surface area contributed by atoms with E-state index in [1.807, 2.05) is 48.8 Å². The van der Waals surface area contributed by atoms with Gasteiger partial charge in [-0.25, -0.2) is 0 Å². The first-order chi connectivity index (χ1) is 13.5. The van der Waals surface area contributed by atoms with E-state index in [1.54, 1.807) is 12.1 Å². The van der Waals surface area contributed by atoms with E-state index in [1.165, 1.54) is 0 Å². The summed E-state index contributed by atoms with van der Waals surface area (Å²) in [5.41, 5.74) is 3.11. The zero-order valence-corrected chi connectivity index (χ0v) is 16.8. The zero-order chi connectivity index (χ0) is 19.7. The number of nitrogens with zero attached hydrogens (tertiary/aromatic N) is 3. The van der Waals surface area contributed by atoms with Gasteiger partial charge >= 0.3 is 0 Å². The van der Waals surface area contributed by atoms with Gasteiger partial charge in [-0.2, -0.15) is 0 Å². The Bertz CT molecular complexity index is 952. The molecule has 3 aromatic rings. The molecule has 2 N–H and O–H groups in total. The quantitative estimate of drug-likeness (QED) is 0.637. The van der Waals surface area contributed by atoms with Crippen molar-refractivity contribution < 1.29 is 5.11 Å². The predicted octanol–water partition coefficient (Wildman–Crippen LogP) is 4.21. The van der Waals surface area contributed by atoms with Crippen molar-refractivity contribution in [3.05, 3.63) is 78.4 Å². The van der Waals surface area contributed by atoms with E-state index in [4.69, 9.17) is 12.2 Å². The average Bonchev–Trinajstić information content (AvgIpc) is 3.28. The molecule has 2 atom stereocenters. The number of pyridine rings is 1. The van der Waals surface area contributed by atoms with Crippen LogP contribution in [0.1, 0.15) is 37.3 Å². The van der Waals surface area contributed by atoms with Crippen LogP contribution in [0.4, 0.5) is 0 Å². The average molecular weight is 393 g/mol. The monoisotopic (exact) mass is 392 g/mol. The molecule has 3 heterocycles. The molecule has 0 aliphatic carbocycles. The molecule has 0 saturated carbocycles. The van der Waals surface area contributed by atoms with Crippen molar-refractivity contribution in [1.29, 1.82) is 0 Å². The van der Waals surface area contributed by atoms with Crippen molar-refractivity contribution in [2.24, 2.45) is 5.92 Å².